The van der Waals surface area contributed by atoms with Gasteiger partial charge in [0.1, 0.15) is 34.8 Å². The van der Waals surface area contributed by atoms with Crippen molar-refractivity contribution in [2.75, 3.05) is 0 Å². The fourth-order valence-corrected chi connectivity index (χ4v) is 2.47. The fraction of sp³-hybridized carbons (Fsp3) is 0.130. The quantitative estimate of drug-likeness (QED) is 0.322. The third-order valence-corrected chi connectivity index (χ3v) is 4.34. The number of esters is 2. The summed E-state index contributed by atoms with van der Waals surface area (Å²) < 4.78 is 10.2. The smallest absolute Gasteiger partial charge is 0.353 e. The van der Waals surface area contributed by atoms with Crippen LogP contribution in [0.3, 0.4) is 0 Å². The Morgan fingerprint density at radius 1 is 0.759 bits per heavy atom. The molecule has 2 aromatic rings. The molecule has 0 N–H and O–H groups in total. The van der Waals surface area contributed by atoms with Crippen LogP contribution in [-0.2, 0) is 15.0 Å². The monoisotopic (exact) mass is 386 g/mol. The molecule has 144 valence electrons. The maximum Gasteiger partial charge on any atom is 0.353 e. The van der Waals surface area contributed by atoms with Crippen LogP contribution in [0.15, 0.2) is 72.8 Å². The van der Waals surface area contributed by atoms with Crippen molar-refractivity contribution in [3.05, 3.63) is 84.0 Å². The average Bonchev–Trinajstić information content (AvgIpc) is 2.73. The molecule has 0 saturated carbocycles. The number of carbonyl (C=O) groups excluding carboxylic acids is 2. The standard InChI is InChI=1S/C23H18N2O4/c1-15(13-24)21(26)28-19-9-5-17(6-10-19)23(3,4)18-7-11-20(12-8-18)29-22(27)16(2)14-25/h5-12H,1-2H2,3-4H3. The molecular formula is C23H18N2O4. The average molecular weight is 386 g/mol. The lowest BCUT2D eigenvalue weighted by Crippen LogP contribution is -2.19. The van der Waals surface area contributed by atoms with Gasteiger partial charge in [-0.2, -0.15) is 10.5 Å². The first-order valence-corrected chi connectivity index (χ1v) is 8.52. The van der Waals surface area contributed by atoms with E-state index in [0.717, 1.165) is 11.1 Å². The maximum atomic E-state index is 11.6. The molecular weight excluding hydrogens is 368 g/mol. The van der Waals surface area contributed by atoms with Crippen LogP contribution >= 0.6 is 0 Å². The highest BCUT2D eigenvalue weighted by Gasteiger charge is 2.23. The van der Waals surface area contributed by atoms with Crippen molar-refractivity contribution in [2.45, 2.75) is 19.3 Å². The minimum Gasteiger partial charge on any atom is -0.422 e. The van der Waals surface area contributed by atoms with E-state index in [9.17, 15) is 9.59 Å². The number of ether oxygens (including phenoxy) is 2. The molecule has 0 unspecified atom stereocenters. The van der Waals surface area contributed by atoms with Crippen LogP contribution in [-0.4, -0.2) is 11.9 Å². The van der Waals surface area contributed by atoms with Crippen LogP contribution in [0.4, 0.5) is 0 Å². The number of nitrogens with zero attached hydrogens (tertiary/aromatic N) is 2. The van der Waals surface area contributed by atoms with E-state index in [2.05, 4.69) is 13.2 Å². The van der Waals surface area contributed by atoms with Crippen molar-refractivity contribution in [1.82, 2.24) is 0 Å². The van der Waals surface area contributed by atoms with E-state index in [1.807, 2.05) is 38.1 Å². The molecule has 0 aliphatic rings. The SMILES string of the molecule is C=C(C#N)C(=O)Oc1ccc(C(C)(C)c2ccc(OC(=O)C(=C)C#N)cc2)cc1. The lowest BCUT2D eigenvalue weighted by atomic mass is 9.78. The Morgan fingerprint density at radius 3 is 1.34 bits per heavy atom. The lowest BCUT2D eigenvalue weighted by molar-refractivity contribution is -0.130. The first-order valence-electron chi connectivity index (χ1n) is 8.52. The van der Waals surface area contributed by atoms with Gasteiger partial charge in [0.25, 0.3) is 0 Å². The van der Waals surface area contributed by atoms with Gasteiger partial charge in [-0.1, -0.05) is 51.3 Å². The summed E-state index contributed by atoms with van der Waals surface area (Å²) in [6.45, 7) is 10.7. The number of rotatable bonds is 6. The first-order chi connectivity index (χ1) is 13.7. The van der Waals surface area contributed by atoms with Crippen molar-refractivity contribution < 1.29 is 19.1 Å². The van der Waals surface area contributed by atoms with Gasteiger partial charge < -0.3 is 9.47 Å². The van der Waals surface area contributed by atoms with Gasteiger partial charge >= 0.3 is 11.9 Å². The van der Waals surface area contributed by atoms with Crippen LogP contribution in [0.1, 0.15) is 25.0 Å². The van der Waals surface area contributed by atoms with Crippen LogP contribution in [0.5, 0.6) is 11.5 Å². The summed E-state index contributed by atoms with van der Waals surface area (Å²) in [4.78, 5) is 23.2. The molecule has 0 atom stereocenters. The van der Waals surface area contributed by atoms with Gasteiger partial charge in [-0.15, -0.1) is 0 Å². The van der Waals surface area contributed by atoms with Gasteiger partial charge in [-0.3, -0.25) is 0 Å². The zero-order chi connectivity index (χ0) is 21.6. The van der Waals surface area contributed by atoms with E-state index < -0.39 is 17.4 Å². The summed E-state index contributed by atoms with van der Waals surface area (Å²) in [5, 5.41) is 17.3. The fourth-order valence-electron chi connectivity index (χ4n) is 2.47. The minimum absolute atomic E-state index is 0.270. The van der Waals surface area contributed by atoms with E-state index in [-0.39, 0.29) is 11.1 Å². The Balaban J connectivity index is 2.16. The summed E-state index contributed by atoms with van der Waals surface area (Å²) in [5.74, 6) is -0.954. The van der Waals surface area contributed by atoms with Crippen molar-refractivity contribution in [1.29, 1.82) is 10.5 Å². The summed E-state index contributed by atoms with van der Waals surface area (Å²) in [7, 11) is 0. The second-order valence-corrected chi connectivity index (χ2v) is 6.63. The van der Waals surface area contributed by atoms with Gasteiger partial charge in [0.05, 0.1) is 0 Å². The molecule has 2 aromatic carbocycles. The molecule has 0 saturated heterocycles. The number of hydrogen-bond donors (Lipinski definition) is 0. The molecule has 0 aromatic heterocycles. The third-order valence-electron chi connectivity index (χ3n) is 4.34. The van der Waals surface area contributed by atoms with Crippen LogP contribution in [0.25, 0.3) is 0 Å². The normalized spacial score (nSPS) is 10.2. The number of carbonyl (C=O) groups is 2. The van der Waals surface area contributed by atoms with Gasteiger partial charge in [0.15, 0.2) is 0 Å². The van der Waals surface area contributed by atoms with E-state index in [4.69, 9.17) is 20.0 Å². The zero-order valence-corrected chi connectivity index (χ0v) is 16.1. The number of nitriles is 2. The molecule has 29 heavy (non-hydrogen) atoms. The molecule has 0 bridgehead atoms. The van der Waals surface area contributed by atoms with Crippen molar-refractivity contribution in [3.63, 3.8) is 0 Å². The molecule has 0 spiro atoms. The van der Waals surface area contributed by atoms with Gasteiger partial charge in [-0.25, -0.2) is 9.59 Å². The maximum absolute atomic E-state index is 11.6. The molecule has 0 radical (unpaired) electrons. The van der Waals surface area contributed by atoms with Crippen molar-refractivity contribution in [2.24, 2.45) is 0 Å². The van der Waals surface area contributed by atoms with E-state index in [0.29, 0.717) is 11.5 Å². The second kappa shape index (κ2) is 8.69. The summed E-state index contributed by atoms with van der Waals surface area (Å²) in [5.41, 5.74) is 0.984. The van der Waals surface area contributed by atoms with Crippen LogP contribution in [0, 0.1) is 22.7 Å². The minimum atomic E-state index is -0.788. The highest BCUT2D eigenvalue weighted by molar-refractivity contribution is 5.93. The van der Waals surface area contributed by atoms with Crippen molar-refractivity contribution >= 4 is 11.9 Å². The van der Waals surface area contributed by atoms with Crippen LogP contribution in [0.2, 0.25) is 0 Å². The molecule has 6 nitrogen and oxygen atoms in total. The van der Waals surface area contributed by atoms with Crippen molar-refractivity contribution in [3.8, 4) is 23.6 Å². The van der Waals surface area contributed by atoms with E-state index >= 15 is 0 Å². The van der Waals surface area contributed by atoms with Gasteiger partial charge in [-0.05, 0) is 35.4 Å². The number of benzene rings is 2. The summed E-state index contributed by atoms with van der Waals surface area (Å²) in [6.07, 6.45) is 0. The summed E-state index contributed by atoms with van der Waals surface area (Å²) in [6, 6.07) is 17.2. The number of hydrogen-bond acceptors (Lipinski definition) is 6. The third kappa shape index (κ3) is 4.97. The first kappa shape index (κ1) is 21.1. The molecule has 0 amide bonds. The lowest BCUT2D eigenvalue weighted by Gasteiger charge is -2.26. The highest BCUT2D eigenvalue weighted by atomic mass is 16.5. The molecule has 2 rings (SSSR count). The molecule has 0 fully saturated rings. The Morgan fingerprint density at radius 2 is 1.07 bits per heavy atom. The zero-order valence-electron chi connectivity index (χ0n) is 16.1. The summed E-state index contributed by atoms with van der Waals surface area (Å²) >= 11 is 0. The topological polar surface area (TPSA) is 100 Å². The molecule has 0 heterocycles. The Kier molecular flexibility index (Phi) is 6.33. The predicted octanol–water partition coefficient (Wildman–Crippen LogP) is 3.98. The Bertz CT molecular complexity index is 965. The predicted molar refractivity (Wildman–Crippen MR) is 106 cm³/mol. The molecule has 0 aliphatic carbocycles. The largest absolute Gasteiger partial charge is 0.422 e. The highest BCUT2D eigenvalue weighted by Crippen LogP contribution is 2.33. The van der Waals surface area contributed by atoms with E-state index in [1.165, 1.54) is 0 Å². The van der Waals surface area contributed by atoms with Gasteiger partial charge in [0.2, 0.25) is 0 Å². The second-order valence-electron chi connectivity index (χ2n) is 6.63. The van der Waals surface area contributed by atoms with Crippen LogP contribution < -0.4 is 9.47 Å². The molecule has 6 heteroatoms. The Hall–Kier alpha value is -4.16. The van der Waals surface area contributed by atoms with E-state index in [1.54, 1.807) is 36.4 Å². The molecule has 0 aliphatic heterocycles. The Labute approximate surface area is 168 Å². The van der Waals surface area contributed by atoms with Gasteiger partial charge in [0, 0.05) is 5.41 Å².